The van der Waals surface area contributed by atoms with Gasteiger partial charge in [-0.1, -0.05) is 17.7 Å². The van der Waals surface area contributed by atoms with Gasteiger partial charge in [0.15, 0.2) is 0 Å². The van der Waals surface area contributed by atoms with E-state index >= 15 is 0 Å². The van der Waals surface area contributed by atoms with Gasteiger partial charge in [0.05, 0.1) is 11.3 Å². The van der Waals surface area contributed by atoms with Gasteiger partial charge >= 0.3 is 5.97 Å². The Hall–Kier alpha value is -2.62. The fourth-order valence-corrected chi connectivity index (χ4v) is 2.22. The number of pyridine rings is 1. The Labute approximate surface area is 110 Å². The van der Waals surface area contributed by atoms with E-state index in [1.807, 2.05) is 41.8 Å². The molecule has 4 nitrogen and oxygen atoms in total. The predicted molar refractivity (Wildman–Crippen MR) is 72.3 cm³/mol. The van der Waals surface area contributed by atoms with Crippen molar-refractivity contribution in [2.45, 2.75) is 6.92 Å². The summed E-state index contributed by atoms with van der Waals surface area (Å²) in [5.41, 5.74) is 3.66. The Morgan fingerprint density at radius 1 is 1.26 bits per heavy atom. The number of hydrogen-bond acceptors (Lipinski definition) is 2. The SMILES string of the molecule is Cc1ccc(C(=O)O)c(-c2cccc3nccn23)c1. The molecule has 0 atom stereocenters. The largest absolute Gasteiger partial charge is 0.478 e. The summed E-state index contributed by atoms with van der Waals surface area (Å²) < 4.78 is 1.89. The first kappa shape index (κ1) is 11.5. The Kier molecular flexibility index (Phi) is 2.56. The van der Waals surface area contributed by atoms with Crippen LogP contribution in [0.1, 0.15) is 15.9 Å². The maximum atomic E-state index is 11.4. The summed E-state index contributed by atoms with van der Waals surface area (Å²) in [6.07, 6.45) is 3.54. The van der Waals surface area contributed by atoms with Crippen LogP contribution >= 0.6 is 0 Å². The zero-order valence-electron chi connectivity index (χ0n) is 10.4. The van der Waals surface area contributed by atoms with Crippen LogP contribution in [-0.4, -0.2) is 20.5 Å². The quantitative estimate of drug-likeness (QED) is 0.762. The number of fused-ring (bicyclic) bond motifs is 1. The van der Waals surface area contributed by atoms with Gasteiger partial charge in [0, 0.05) is 18.0 Å². The highest BCUT2D eigenvalue weighted by atomic mass is 16.4. The standard InChI is InChI=1S/C15H12N2O2/c1-10-5-6-11(15(18)19)12(9-10)13-3-2-4-14-16-7-8-17(13)14/h2-9H,1H3,(H,18,19). The summed E-state index contributed by atoms with van der Waals surface area (Å²) in [7, 11) is 0. The molecule has 0 aliphatic heterocycles. The van der Waals surface area contributed by atoms with E-state index in [2.05, 4.69) is 4.98 Å². The van der Waals surface area contributed by atoms with Crippen LogP contribution in [0.4, 0.5) is 0 Å². The summed E-state index contributed by atoms with van der Waals surface area (Å²) in [6, 6.07) is 11.0. The molecule has 0 bridgehead atoms. The topological polar surface area (TPSA) is 54.6 Å². The predicted octanol–water partition coefficient (Wildman–Crippen LogP) is 3.01. The first-order valence-corrected chi connectivity index (χ1v) is 5.93. The van der Waals surface area contributed by atoms with Gasteiger partial charge in [-0.3, -0.25) is 4.40 Å². The number of carboxylic acids is 1. The highest BCUT2D eigenvalue weighted by Gasteiger charge is 2.14. The molecule has 0 spiro atoms. The average Bonchev–Trinajstić information content (AvgIpc) is 2.86. The second-order valence-corrected chi connectivity index (χ2v) is 4.42. The molecule has 0 unspecified atom stereocenters. The summed E-state index contributed by atoms with van der Waals surface area (Å²) >= 11 is 0. The number of carbonyl (C=O) groups is 1. The Morgan fingerprint density at radius 3 is 2.89 bits per heavy atom. The first-order valence-electron chi connectivity index (χ1n) is 5.93. The first-order chi connectivity index (χ1) is 9.16. The van der Waals surface area contributed by atoms with Gasteiger partial charge in [0.25, 0.3) is 0 Å². The third-order valence-corrected chi connectivity index (χ3v) is 3.11. The molecule has 0 amide bonds. The second kappa shape index (κ2) is 4.24. The second-order valence-electron chi connectivity index (χ2n) is 4.42. The number of nitrogens with zero attached hydrogens (tertiary/aromatic N) is 2. The number of aromatic carboxylic acids is 1. The van der Waals surface area contributed by atoms with Crippen LogP contribution in [0.15, 0.2) is 48.8 Å². The van der Waals surface area contributed by atoms with Crippen LogP contribution in [0.3, 0.4) is 0 Å². The van der Waals surface area contributed by atoms with Gasteiger partial charge in [-0.25, -0.2) is 9.78 Å². The molecule has 1 aromatic carbocycles. The van der Waals surface area contributed by atoms with E-state index in [-0.39, 0.29) is 0 Å². The van der Waals surface area contributed by atoms with Gasteiger partial charge in [-0.15, -0.1) is 0 Å². The van der Waals surface area contributed by atoms with Crippen molar-refractivity contribution in [1.82, 2.24) is 9.38 Å². The number of benzene rings is 1. The van der Waals surface area contributed by atoms with E-state index < -0.39 is 5.97 Å². The van der Waals surface area contributed by atoms with Crippen molar-refractivity contribution >= 4 is 11.6 Å². The normalized spacial score (nSPS) is 10.8. The third-order valence-electron chi connectivity index (χ3n) is 3.11. The molecule has 94 valence electrons. The fraction of sp³-hybridized carbons (Fsp3) is 0.0667. The lowest BCUT2D eigenvalue weighted by Gasteiger charge is -2.10. The molecule has 3 rings (SSSR count). The van der Waals surface area contributed by atoms with Crippen molar-refractivity contribution in [3.63, 3.8) is 0 Å². The molecule has 4 heteroatoms. The van der Waals surface area contributed by atoms with E-state index in [0.717, 1.165) is 16.9 Å². The van der Waals surface area contributed by atoms with Crippen molar-refractivity contribution in [1.29, 1.82) is 0 Å². The van der Waals surface area contributed by atoms with Gasteiger partial charge in [0.1, 0.15) is 5.65 Å². The minimum absolute atomic E-state index is 0.298. The molecule has 2 aromatic heterocycles. The summed E-state index contributed by atoms with van der Waals surface area (Å²) in [4.78, 5) is 15.6. The molecular formula is C15H12N2O2. The maximum Gasteiger partial charge on any atom is 0.336 e. The summed E-state index contributed by atoms with van der Waals surface area (Å²) in [5, 5.41) is 9.32. The van der Waals surface area contributed by atoms with E-state index in [9.17, 15) is 9.90 Å². The van der Waals surface area contributed by atoms with Gasteiger partial charge in [-0.2, -0.15) is 0 Å². The molecule has 2 heterocycles. The van der Waals surface area contributed by atoms with Gasteiger partial charge in [-0.05, 0) is 31.2 Å². The van der Waals surface area contributed by atoms with E-state index in [1.165, 1.54) is 0 Å². The third kappa shape index (κ3) is 1.87. The van der Waals surface area contributed by atoms with Crippen molar-refractivity contribution < 1.29 is 9.90 Å². The number of rotatable bonds is 2. The maximum absolute atomic E-state index is 11.4. The average molecular weight is 252 g/mol. The summed E-state index contributed by atoms with van der Waals surface area (Å²) in [5.74, 6) is -0.924. The van der Waals surface area contributed by atoms with Crippen molar-refractivity contribution in [3.05, 3.63) is 59.9 Å². The van der Waals surface area contributed by atoms with Crippen LogP contribution in [0, 0.1) is 6.92 Å². The minimum atomic E-state index is -0.924. The van der Waals surface area contributed by atoms with Crippen LogP contribution in [-0.2, 0) is 0 Å². The number of carboxylic acid groups (broad SMARTS) is 1. The van der Waals surface area contributed by atoms with Crippen molar-refractivity contribution in [3.8, 4) is 11.3 Å². The molecule has 19 heavy (non-hydrogen) atoms. The fourth-order valence-electron chi connectivity index (χ4n) is 2.22. The van der Waals surface area contributed by atoms with Gasteiger partial charge < -0.3 is 5.11 Å². The smallest absolute Gasteiger partial charge is 0.336 e. The zero-order chi connectivity index (χ0) is 13.4. The minimum Gasteiger partial charge on any atom is -0.478 e. The molecule has 0 saturated heterocycles. The number of imidazole rings is 1. The number of aromatic nitrogens is 2. The Morgan fingerprint density at radius 2 is 2.11 bits per heavy atom. The molecule has 0 radical (unpaired) electrons. The number of hydrogen-bond donors (Lipinski definition) is 1. The van der Waals surface area contributed by atoms with Gasteiger partial charge in [0.2, 0.25) is 0 Å². The van der Waals surface area contributed by atoms with Crippen LogP contribution < -0.4 is 0 Å². The molecular weight excluding hydrogens is 240 g/mol. The lowest BCUT2D eigenvalue weighted by molar-refractivity contribution is 0.0697. The molecule has 0 aliphatic carbocycles. The van der Waals surface area contributed by atoms with E-state index in [0.29, 0.717) is 11.1 Å². The monoisotopic (exact) mass is 252 g/mol. The van der Waals surface area contributed by atoms with Crippen molar-refractivity contribution in [2.24, 2.45) is 0 Å². The lowest BCUT2D eigenvalue weighted by Crippen LogP contribution is -2.02. The van der Waals surface area contributed by atoms with E-state index in [4.69, 9.17) is 0 Å². The zero-order valence-corrected chi connectivity index (χ0v) is 10.4. The van der Waals surface area contributed by atoms with E-state index in [1.54, 1.807) is 18.3 Å². The van der Waals surface area contributed by atoms with Crippen LogP contribution in [0.25, 0.3) is 16.9 Å². The van der Waals surface area contributed by atoms with Crippen LogP contribution in [0.2, 0.25) is 0 Å². The molecule has 1 N–H and O–H groups in total. The molecule has 0 fully saturated rings. The van der Waals surface area contributed by atoms with Crippen molar-refractivity contribution in [2.75, 3.05) is 0 Å². The Balaban J connectivity index is 2.35. The molecule has 3 aromatic rings. The number of aryl methyl sites for hydroxylation is 1. The highest BCUT2D eigenvalue weighted by molar-refractivity contribution is 5.95. The van der Waals surface area contributed by atoms with Crippen LogP contribution in [0.5, 0.6) is 0 Å². The summed E-state index contributed by atoms with van der Waals surface area (Å²) in [6.45, 7) is 1.95. The highest BCUT2D eigenvalue weighted by Crippen LogP contribution is 2.25. The molecule has 0 saturated carbocycles. The molecule has 0 aliphatic rings. The Bertz CT molecular complexity index is 775. The lowest BCUT2D eigenvalue weighted by atomic mass is 10.0.